The van der Waals surface area contributed by atoms with E-state index in [4.69, 9.17) is 0 Å². The third-order valence-corrected chi connectivity index (χ3v) is 5.66. The van der Waals surface area contributed by atoms with Gasteiger partial charge in [-0.1, -0.05) is 20.8 Å². The molecule has 2 bridgehead atoms. The van der Waals surface area contributed by atoms with E-state index in [0.29, 0.717) is 16.9 Å². The normalized spacial score (nSPS) is 34.2. The highest BCUT2D eigenvalue weighted by Gasteiger charge is 2.59. The van der Waals surface area contributed by atoms with E-state index >= 15 is 0 Å². The van der Waals surface area contributed by atoms with Crippen molar-refractivity contribution >= 4 is 11.6 Å². The van der Waals surface area contributed by atoms with Crippen LogP contribution in [0.3, 0.4) is 0 Å². The maximum atomic E-state index is 4.56. The molecule has 2 aliphatic rings. The molecule has 3 atom stereocenters. The van der Waals surface area contributed by atoms with Gasteiger partial charge in [-0.3, -0.25) is 0 Å². The van der Waals surface area contributed by atoms with Crippen LogP contribution in [-0.4, -0.2) is 23.1 Å². The van der Waals surface area contributed by atoms with Crippen LogP contribution in [0, 0.1) is 23.7 Å². The molecule has 4 nitrogen and oxygen atoms in total. The van der Waals surface area contributed by atoms with E-state index in [1.54, 1.807) is 0 Å². The second-order valence-corrected chi connectivity index (χ2v) is 7.43. The van der Waals surface area contributed by atoms with Gasteiger partial charge in [0.15, 0.2) is 0 Å². The van der Waals surface area contributed by atoms with Crippen molar-refractivity contribution < 1.29 is 0 Å². The molecule has 0 aliphatic heterocycles. The Balaban J connectivity index is 1.89. The Labute approximate surface area is 121 Å². The minimum atomic E-state index is 0.339. The lowest BCUT2D eigenvalue weighted by Gasteiger charge is -2.43. The summed E-state index contributed by atoms with van der Waals surface area (Å²) >= 11 is 0. The molecule has 2 saturated carbocycles. The van der Waals surface area contributed by atoms with Gasteiger partial charge >= 0.3 is 0 Å². The van der Waals surface area contributed by atoms with Crippen molar-refractivity contribution in [2.75, 3.05) is 17.7 Å². The smallest absolute Gasteiger partial charge is 0.132 e. The van der Waals surface area contributed by atoms with Crippen molar-refractivity contribution in [1.82, 2.24) is 9.97 Å². The van der Waals surface area contributed by atoms with Gasteiger partial charge < -0.3 is 10.6 Å². The molecule has 4 heteroatoms. The molecule has 3 rings (SSSR count). The quantitative estimate of drug-likeness (QED) is 0.886. The first kappa shape index (κ1) is 13.7. The average molecular weight is 274 g/mol. The van der Waals surface area contributed by atoms with Gasteiger partial charge in [-0.2, -0.15) is 0 Å². The van der Waals surface area contributed by atoms with Crippen LogP contribution >= 0.6 is 0 Å². The van der Waals surface area contributed by atoms with Gasteiger partial charge in [0.05, 0.1) is 0 Å². The van der Waals surface area contributed by atoms with Crippen molar-refractivity contribution in [3.8, 4) is 0 Å². The molecule has 2 N–H and O–H groups in total. The molecule has 2 aliphatic carbocycles. The Morgan fingerprint density at radius 2 is 1.90 bits per heavy atom. The van der Waals surface area contributed by atoms with Crippen LogP contribution in [0.15, 0.2) is 6.07 Å². The topological polar surface area (TPSA) is 49.8 Å². The molecule has 0 aromatic carbocycles. The Hall–Kier alpha value is -1.32. The van der Waals surface area contributed by atoms with E-state index in [0.717, 1.165) is 23.4 Å². The van der Waals surface area contributed by atoms with E-state index in [2.05, 4.69) is 41.4 Å². The zero-order chi connectivity index (χ0) is 14.5. The summed E-state index contributed by atoms with van der Waals surface area (Å²) in [4.78, 5) is 8.93. The molecule has 20 heavy (non-hydrogen) atoms. The van der Waals surface area contributed by atoms with Gasteiger partial charge in [0.1, 0.15) is 17.5 Å². The van der Waals surface area contributed by atoms with E-state index in [1.165, 1.54) is 19.3 Å². The predicted octanol–water partition coefficient (Wildman–Crippen LogP) is 3.45. The third kappa shape index (κ3) is 1.97. The summed E-state index contributed by atoms with van der Waals surface area (Å²) in [5.74, 6) is 3.49. The van der Waals surface area contributed by atoms with E-state index in [-0.39, 0.29) is 0 Å². The van der Waals surface area contributed by atoms with Gasteiger partial charge in [0.25, 0.3) is 0 Å². The summed E-state index contributed by atoms with van der Waals surface area (Å²) in [5, 5.41) is 6.83. The summed E-state index contributed by atoms with van der Waals surface area (Å²) in [6.45, 7) is 9.20. The number of anilines is 2. The van der Waals surface area contributed by atoms with Crippen molar-refractivity contribution in [2.24, 2.45) is 16.7 Å². The molecule has 2 fully saturated rings. The first-order valence-corrected chi connectivity index (χ1v) is 7.65. The Morgan fingerprint density at radius 1 is 1.20 bits per heavy atom. The van der Waals surface area contributed by atoms with Crippen LogP contribution in [0.1, 0.15) is 45.9 Å². The molecule has 1 heterocycles. The molecule has 0 radical (unpaired) electrons. The standard InChI is InChI=1S/C16H26N4/c1-10-18-12(17-5)8-13(19-10)20-14-15(2,3)11-6-7-16(14,4)9-11/h8,11,14H,6-7,9H2,1-5H3,(H2,17,18,19,20). The molecule has 1 aromatic heterocycles. The Morgan fingerprint density at radius 3 is 2.50 bits per heavy atom. The predicted molar refractivity (Wildman–Crippen MR) is 83.0 cm³/mol. The monoisotopic (exact) mass is 274 g/mol. The van der Waals surface area contributed by atoms with Crippen LogP contribution in [0.2, 0.25) is 0 Å². The van der Waals surface area contributed by atoms with Crippen molar-refractivity contribution in [3.63, 3.8) is 0 Å². The number of hydrogen-bond acceptors (Lipinski definition) is 4. The highest BCUT2D eigenvalue weighted by molar-refractivity contribution is 5.48. The number of aryl methyl sites for hydroxylation is 1. The van der Waals surface area contributed by atoms with Crippen LogP contribution in [0.5, 0.6) is 0 Å². The summed E-state index contributed by atoms with van der Waals surface area (Å²) in [7, 11) is 1.90. The second kappa shape index (κ2) is 4.34. The summed E-state index contributed by atoms with van der Waals surface area (Å²) in [5.41, 5.74) is 0.749. The molecular formula is C16H26N4. The molecule has 1 aromatic rings. The molecule has 0 spiro atoms. The van der Waals surface area contributed by atoms with Crippen LogP contribution in [0.25, 0.3) is 0 Å². The largest absolute Gasteiger partial charge is 0.373 e. The average Bonchev–Trinajstić information content (AvgIpc) is 2.85. The van der Waals surface area contributed by atoms with Gasteiger partial charge in [0.2, 0.25) is 0 Å². The lowest BCUT2D eigenvalue weighted by molar-refractivity contribution is 0.155. The maximum Gasteiger partial charge on any atom is 0.132 e. The van der Waals surface area contributed by atoms with Crippen molar-refractivity contribution in [2.45, 2.75) is 53.0 Å². The highest BCUT2D eigenvalue weighted by Crippen LogP contribution is 2.63. The van der Waals surface area contributed by atoms with Crippen LogP contribution < -0.4 is 10.6 Å². The number of hydrogen-bond donors (Lipinski definition) is 2. The van der Waals surface area contributed by atoms with Gasteiger partial charge in [0, 0.05) is 19.2 Å². The first-order valence-electron chi connectivity index (χ1n) is 7.65. The summed E-state index contributed by atoms with van der Waals surface area (Å²) < 4.78 is 0. The Bertz CT molecular complexity index is 520. The van der Waals surface area contributed by atoms with Gasteiger partial charge in [-0.25, -0.2) is 9.97 Å². The minimum absolute atomic E-state index is 0.339. The number of fused-ring (bicyclic) bond motifs is 2. The maximum absolute atomic E-state index is 4.56. The number of rotatable bonds is 3. The fourth-order valence-electron chi connectivity index (χ4n) is 4.58. The summed E-state index contributed by atoms with van der Waals surface area (Å²) in [6.07, 6.45) is 4.06. The number of nitrogens with one attached hydrogen (secondary N) is 2. The van der Waals surface area contributed by atoms with Crippen molar-refractivity contribution in [3.05, 3.63) is 11.9 Å². The van der Waals surface area contributed by atoms with Crippen LogP contribution in [-0.2, 0) is 0 Å². The van der Waals surface area contributed by atoms with E-state index in [9.17, 15) is 0 Å². The molecule has 3 unspecified atom stereocenters. The van der Waals surface area contributed by atoms with Gasteiger partial charge in [-0.05, 0) is 42.9 Å². The third-order valence-electron chi connectivity index (χ3n) is 5.66. The zero-order valence-electron chi connectivity index (χ0n) is 13.2. The second-order valence-electron chi connectivity index (χ2n) is 7.43. The van der Waals surface area contributed by atoms with E-state index in [1.807, 2.05) is 20.0 Å². The SMILES string of the molecule is CNc1cc(NC2C3(C)CCC(C3)C2(C)C)nc(C)n1. The minimum Gasteiger partial charge on any atom is -0.373 e. The fourth-order valence-corrected chi connectivity index (χ4v) is 4.58. The fraction of sp³-hybridized carbons (Fsp3) is 0.750. The molecule has 0 amide bonds. The number of aromatic nitrogens is 2. The van der Waals surface area contributed by atoms with Crippen LogP contribution in [0.4, 0.5) is 11.6 Å². The van der Waals surface area contributed by atoms with E-state index < -0.39 is 0 Å². The molecule has 0 saturated heterocycles. The zero-order valence-corrected chi connectivity index (χ0v) is 13.2. The lowest BCUT2D eigenvalue weighted by Crippen LogP contribution is -2.46. The number of nitrogens with zero attached hydrogens (tertiary/aromatic N) is 2. The highest BCUT2D eigenvalue weighted by atomic mass is 15.1. The van der Waals surface area contributed by atoms with Crippen molar-refractivity contribution in [1.29, 1.82) is 0 Å². The molecular weight excluding hydrogens is 248 g/mol. The van der Waals surface area contributed by atoms with Gasteiger partial charge in [-0.15, -0.1) is 0 Å². The Kier molecular flexibility index (Phi) is 2.96. The first-order chi connectivity index (χ1) is 9.35. The summed E-state index contributed by atoms with van der Waals surface area (Å²) in [6, 6.07) is 2.51. The molecule has 110 valence electrons. The lowest BCUT2D eigenvalue weighted by atomic mass is 9.68.